The van der Waals surface area contributed by atoms with Gasteiger partial charge in [0.2, 0.25) is 0 Å². The number of hydrogen-bond acceptors (Lipinski definition) is 3. The molecule has 3 nitrogen and oxygen atoms in total. The smallest absolute Gasteiger partial charge is 0.118 e. The molecular formula is C17H19Cl2N3. The highest BCUT2D eigenvalue weighted by molar-refractivity contribution is 6.30. The summed E-state index contributed by atoms with van der Waals surface area (Å²) < 4.78 is 0. The van der Waals surface area contributed by atoms with Gasteiger partial charge in [-0.15, -0.1) is 12.4 Å². The molecule has 0 saturated carbocycles. The molecule has 2 N–H and O–H groups in total. The normalized spacial score (nSPS) is 15.2. The number of benzene rings is 2. The summed E-state index contributed by atoms with van der Waals surface area (Å²) in [5.74, 6) is 1.22. The fourth-order valence-electron chi connectivity index (χ4n) is 2.54. The van der Waals surface area contributed by atoms with E-state index in [0.717, 1.165) is 30.4 Å². The number of nitrogens with zero attached hydrogens (tertiary/aromatic N) is 1. The molecule has 0 saturated heterocycles. The summed E-state index contributed by atoms with van der Waals surface area (Å²) in [6, 6.07) is 18.5. The molecule has 0 spiro atoms. The quantitative estimate of drug-likeness (QED) is 0.895. The van der Waals surface area contributed by atoms with Crippen molar-refractivity contribution < 1.29 is 0 Å². The molecule has 116 valence electrons. The first kappa shape index (κ1) is 16.8. The fraction of sp³-hybridized carbons (Fsp3) is 0.235. The van der Waals surface area contributed by atoms with Crippen molar-refractivity contribution in [1.82, 2.24) is 10.9 Å². The largest absolute Gasteiger partial charge is 0.309 e. The van der Waals surface area contributed by atoms with Crippen molar-refractivity contribution in [2.75, 3.05) is 13.1 Å². The van der Waals surface area contributed by atoms with Crippen molar-refractivity contribution in [3.8, 4) is 0 Å². The maximum atomic E-state index is 5.97. The molecule has 1 unspecified atom stereocenters. The molecule has 0 bridgehead atoms. The number of rotatable bonds is 4. The number of nitrogens with one attached hydrogen (secondary N) is 2. The first-order valence-electron chi connectivity index (χ1n) is 7.15. The van der Waals surface area contributed by atoms with Crippen molar-refractivity contribution in [2.24, 2.45) is 4.99 Å². The predicted octanol–water partition coefficient (Wildman–Crippen LogP) is 3.59. The van der Waals surface area contributed by atoms with Gasteiger partial charge in [0.15, 0.2) is 0 Å². The van der Waals surface area contributed by atoms with E-state index in [4.69, 9.17) is 11.6 Å². The Morgan fingerprint density at radius 3 is 2.41 bits per heavy atom. The van der Waals surface area contributed by atoms with Crippen LogP contribution in [0.2, 0.25) is 5.02 Å². The van der Waals surface area contributed by atoms with Gasteiger partial charge in [-0.05, 0) is 29.7 Å². The van der Waals surface area contributed by atoms with E-state index in [9.17, 15) is 0 Å². The van der Waals surface area contributed by atoms with Gasteiger partial charge in [0.05, 0.1) is 6.54 Å². The second-order valence-corrected chi connectivity index (χ2v) is 5.55. The Hall–Kier alpha value is -1.55. The Bertz CT molecular complexity index is 612. The Morgan fingerprint density at radius 1 is 1.05 bits per heavy atom. The number of halogens is 2. The molecule has 0 fully saturated rings. The average Bonchev–Trinajstić information content (AvgIpc) is 2.56. The molecule has 3 rings (SSSR count). The molecule has 1 atom stereocenters. The predicted molar refractivity (Wildman–Crippen MR) is 95.0 cm³/mol. The Labute approximate surface area is 142 Å². The molecule has 22 heavy (non-hydrogen) atoms. The molecule has 1 aliphatic heterocycles. The van der Waals surface area contributed by atoms with E-state index in [-0.39, 0.29) is 18.3 Å². The van der Waals surface area contributed by atoms with Gasteiger partial charge < -0.3 is 5.43 Å². The molecule has 0 amide bonds. The van der Waals surface area contributed by atoms with Gasteiger partial charge in [0.25, 0.3) is 0 Å². The fourth-order valence-corrected chi connectivity index (χ4v) is 2.66. The molecule has 0 aliphatic carbocycles. The van der Waals surface area contributed by atoms with Crippen molar-refractivity contribution in [1.29, 1.82) is 0 Å². The summed E-state index contributed by atoms with van der Waals surface area (Å²) in [4.78, 5) is 4.64. The van der Waals surface area contributed by atoms with Crippen molar-refractivity contribution in [3.63, 3.8) is 0 Å². The topological polar surface area (TPSA) is 36.4 Å². The molecular weight excluding hydrogens is 317 g/mol. The van der Waals surface area contributed by atoms with Gasteiger partial charge in [-0.2, -0.15) is 0 Å². The van der Waals surface area contributed by atoms with Crippen molar-refractivity contribution >= 4 is 29.8 Å². The van der Waals surface area contributed by atoms with Gasteiger partial charge in [-0.25, -0.2) is 5.43 Å². The number of amidine groups is 1. The van der Waals surface area contributed by atoms with Crippen LogP contribution in [0.3, 0.4) is 0 Å². The van der Waals surface area contributed by atoms with E-state index in [1.54, 1.807) is 0 Å². The van der Waals surface area contributed by atoms with Gasteiger partial charge >= 0.3 is 0 Å². The lowest BCUT2D eigenvalue weighted by atomic mass is 9.91. The Balaban J connectivity index is 0.00000176. The highest BCUT2D eigenvalue weighted by Gasteiger charge is 2.20. The highest BCUT2D eigenvalue weighted by atomic mass is 35.5. The summed E-state index contributed by atoms with van der Waals surface area (Å²) in [5.41, 5.74) is 8.92. The number of hydrazine groups is 1. The summed E-state index contributed by atoms with van der Waals surface area (Å²) in [6.45, 7) is 1.68. The summed E-state index contributed by atoms with van der Waals surface area (Å²) in [7, 11) is 0. The zero-order chi connectivity index (χ0) is 14.5. The minimum absolute atomic E-state index is 0. The minimum Gasteiger partial charge on any atom is -0.309 e. The third kappa shape index (κ3) is 4.23. The summed E-state index contributed by atoms with van der Waals surface area (Å²) in [5, 5.41) is 0.768. The van der Waals surface area contributed by atoms with E-state index in [0.29, 0.717) is 0 Å². The third-order valence-electron chi connectivity index (χ3n) is 3.62. The maximum absolute atomic E-state index is 5.97. The van der Waals surface area contributed by atoms with E-state index in [1.807, 2.05) is 18.2 Å². The van der Waals surface area contributed by atoms with E-state index in [1.165, 1.54) is 11.1 Å². The maximum Gasteiger partial charge on any atom is 0.118 e. The lowest BCUT2D eigenvalue weighted by Crippen LogP contribution is -2.46. The van der Waals surface area contributed by atoms with Crippen molar-refractivity contribution in [3.05, 3.63) is 70.7 Å². The molecule has 5 heteroatoms. The first-order chi connectivity index (χ1) is 10.3. The highest BCUT2D eigenvalue weighted by Crippen LogP contribution is 2.23. The Kier molecular flexibility index (Phi) is 6.25. The number of aliphatic imine (C=N–C) groups is 1. The lowest BCUT2D eigenvalue weighted by Gasteiger charge is -2.24. The lowest BCUT2D eigenvalue weighted by molar-refractivity contribution is 0.601. The SMILES string of the molecule is Cl.Clc1ccc(CC(C2=NCCNN2)c2ccccc2)cc1. The zero-order valence-electron chi connectivity index (χ0n) is 12.1. The molecule has 0 aromatic heterocycles. The van der Waals surface area contributed by atoms with E-state index >= 15 is 0 Å². The molecule has 1 heterocycles. The third-order valence-corrected chi connectivity index (χ3v) is 3.87. The molecule has 0 radical (unpaired) electrons. The molecule has 1 aliphatic rings. The first-order valence-corrected chi connectivity index (χ1v) is 7.53. The van der Waals surface area contributed by atoms with Crippen LogP contribution in [0.5, 0.6) is 0 Å². The van der Waals surface area contributed by atoms with Gasteiger partial charge in [0.1, 0.15) is 5.84 Å². The van der Waals surface area contributed by atoms with Gasteiger partial charge in [0, 0.05) is 17.5 Å². The van der Waals surface area contributed by atoms with Crippen molar-refractivity contribution in [2.45, 2.75) is 12.3 Å². The number of hydrogen-bond donors (Lipinski definition) is 2. The van der Waals surface area contributed by atoms with Crippen LogP contribution in [-0.4, -0.2) is 18.9 Å². The van der Waals surface area contributed by atoms with Crippen LogP contribution in [0, 0.1) is 0 Å². The second kappa shape index (κ2) is 8.18. The van der Waals surface area contributed by atoms with Crippen LogP contribution >= 0.6 is 24.0 Å². The summed E-state index contributed by atoms with van der Waals surface area (Å²) in [6.07, 6.45) is 0.898. The second-order valence-electron chi connectivity index (χ2n) is 5.11. The van der Waals surface area contributed by atoms with Crippen LogP contribution in [0.15, 0.2) is 59.6 Å². The van der Waals surface area contributed by atoms with Crippen LogP contribution in [0.4, 0.5) is 0 Å². The summed E-state index contributed by atoms with van der Waals surface area (Å²) >= 11 is 5.97. The minimum atomic E-state index is 0. The zero-order valence-corrected chi connectivity index (χ0v) is 13.7. The molecule has 2 aromatic carbocycles. The van der Waals surface area contributed by atoms with Gasteiger partial charge in [-0.3, -0.25) is 4.99 Å². The van der Waals surface area contributed by atoms with Crippen LogP contribution in [-0.2, 0) is 6.42 Å². The van der Waals surface area contributed by atoms with Crippen LogP contribution in [0.25, 0.3) is 0 Å². The average molecular weight is 336 g/mol. The molecule has 2 aromatic rings. The monoisotopic (exact) mass is 335 g/mol. The van der Waals surface area contributed by atoms with E-state index in [2.05, 4.69) is 52.2 Å². The van der Waals surface area contributed by atoms with Crippen LogP contribution < -0.4 is 10.9 Å². The standard InChI is InChI=1S/C17H18ClN3.ClH/c18-15-8-6-13(7-9-15)12-16(14-4-2-1-3-5-14)17-19-10-11-20-21-17;/h1-9,16,20H,10-12H2,(H,19,21);1H. The van der Waals surface area contributed by atoms with E-state index < -0.39 is 0 Å². The van der Waals surface area contributed by atoms with Gasteiger partial charge in [-0.1, -0.05) is 54.1 Å². The Morgan fingerprint density at radius 2 is 1.77 bits per heavy atom. The van der Waals surface area contributed by atoms with Crippen LogP contribution in [0.1, 0.15) is 17.0 Å².